The van der Waals surface area contributed by atoms with Crippen LogP contribution in [0.5, 0.6) is 0 Å². The van der Waals surface area contributed by atoms with Crippen molar-refractivity contribution in [1.82, 2.24) is 22.8 Å². The zero-order chi connectivity index (χ0) is 22.8. The molecular formula is C18H26N6O5S2. The Morgan fingerprint density at radius 1 is 1.19 bits per heavy atom. The van der Waals surface area contributed by atoms with E-state index < -0.39 is 25.4 Å². The molecule has 1 aromatic carbocycles. The molecule has 0 N–H and O–H groups in total. The van der Waals surface area contributed by atoms with Gasteiger partial charge in [0.2, 0.25) is 0 Å². The Labute approximate surface area is 182 Å². The molecule has 0 amide bonds. The normalized spacial score (nSPS) is 15.8. The minimum atomic E-state index is -4.17. The van der Waals surface area contributed by atoms with E-state index in [1.54, 1.807) is 0 Å². The second-order valence-corrected chi connectivity index (χ2v) is 11.3. The number of sulfonamides is 1. The number of oxime groups is 1. The van der Waals surface area contributed by atoms with Gasteiger partial charge in [0.05, 0.1) is 6.54 Å². The molecule has 11 nitrogen and oxygen atoms in total. The Morgan fingerprint density at radius 2 is 1.84 bits per heavy atom. The lowest BCUT2D eigenvalue weighted by molar-refractivity contribution is 0.0854. The van der Waals surface area contributed by atoms with Crippen LogP contribution in [0.25, 0.3) is 0 Å². The van der Waals surface area contributed by atoms with Gasteiger partial charge in [-0.1, -0.05) is 35.5 Å². The zero-order valence-electron chi connectivity index (χ0n) is 17.8. The van der Waals surface area contributed by atoms with E-state index in [0.717, 1.165) is 16.2 Å². The summed E-state index contributed by atoms with van der Waals surface area (Å²) >= 11 is 0. The molecule has 1 aromatic heterocycles. The predicted molar refractivity (Wildman–Crippen MR) is 114 cm³/mol. The highest BCUT2D eigenvalue weighted by molar-refractivity contribution is 7.89. The van der Waals surface area contributed by atoms with Gasteiger partial charge in [0, 0.05) is 25.7 Å². The maximum atomic E-state index is 13.3. The van der Waals surface area contributed by atoms with Gasteiger partial charge in [-0.2, -0.15) is 17.0 Å². The van der Waals surface area contributed by atoms with Crippen molar-refractivity contribution in [3.05, 3.63) is 42.2 Å². The molecule has 31 heavy (non-hydrogen) atoms. The highest BCUT2D eigenvalue weighted by Crippen LogP contribution is 2.31. The third-order valence-electron chi connectivity index (χ3n) is 4.43. The third-order valence-corrected chi connectivity index (χ3v) is 7.69. The SMILES string of the molecule is CC(C)O/N=C(\CN(C1CC1)S(=O)(=O)c1ncn(S(=O)(=O)N(C)C)n1)c1ccccc1. The molecule has 3 rings (SSSR count). The molecule has 0 atom stereocenters. The average Bonchev–Trinajstić information content (AvgIpc) is 3.41. The monoisotopic (exact) mass is 470 g/mol. The van der Waals surface area contributed by atoms with Crippen molar-refractivity contribution in [3.8, 4) is 0 Å². The fourth-order valence-electron chi connectivity index (χ4n) is 2.63. The molecule has 0 unspecified atom stereocenters. The summed E-state index contributed by atoms with van der Waals surface area (Å²) in [6, 6.07) is 8.89. The van der Waals surface area contributed by atoms with Crippen LogP contribution in [0.2, 0.25) is 0 Å². The number of hydrogen-bond acceptors (Lipinski definition) is 8. The molecule has 1 aliphatic carbocycles. The highest BCUT2D eigenvalue weighted by atomic mass is 32.2. The van der Waals surface area contributed by atoms with Gasteiger partial charge in [-0.3, -0.25) is 0 Å². The molecule has 0 aliphatic heterocycles. The first-order valence-corrected chi connectivity index (χ1v) is 12.5. The van der Waals surface area contributed by atoms with E-state index in [2.05, 4.69) is 15.2 Å². The average molecular weight is 471 g/mol. The predicted octanol–water partition coefficient (Wildman–Crippen LogP) is 0.915. The molecule has 1 saturated carbocycles. The summed E-state index contributed by atoms with van der Waals surface area (Å²) in [4.78, 5) is 9.17. The van der Waals surface area contributed by atoms with Crippen molar-refractivity contribution in [2.45, 2.75) is 44.0 Å². The lowest BCUT2D eigenvalue weighted by Crippen LogP contribution is -2.38. The van der Waals surface area contributed by atoms with Crippen LogP contribution >= 0.6 is 0 Å². The molecule has 0 spiro atoms. The standard InChI is InChI=1S/C18H26N6O5S2/c1-14(2)29-21-17(15-8-6-5-7-9-15)12-23(16-10-11-16)30(25,26)18-19-13-24(20-18)31(27,28)22(3)4/h5-9,13-14,16H,10-12H2,1-4H3/b21-17+. The van der Waals surface area contributed by atoms with Crippen LogP contribution in [0.4, 0.5) is 0 Å². The minimum absolute atomic E-state index is 0.0568. The van der Waals surface area contributed by atoms with E-state index in [-0.39, 0.29) is 18.7 Å². The number of rotatable bonds is 10. The van der Waals surface area contributed by atoms with Gasteiger partial charge >= 0.3 is 10.2 Å². The van der Waals surface area contributed by atoms with Crippen molar-refractivity contribution < 1.29 is 21.7 Å². The largest absolute Gasteiger partial charge is 0.393 e. The van der Waals surface area contributed by atoms with Gasteiger partial charge in [-0.15, -0.1) is 9.19 Å². The van der Waals surface area contributed by atoms with Gasteiger partial charge in [-0.25, -0.2) is 13.4 Å². The summed E-state index contributed by atoms with van der Waals surface area (Å²) in [6.07, 6.45) is 2.06. The molecule has 170 valence electrons. The van der Waals surface area contributed by atoms with E-state index in [1.807, 2.05) is 44.2 Å². The van der Waals surface area contributed by atoms with E-state index in [1.165, 1.54) is 18.4 Å². The number of nitrogens with zero attached hydrogens (tertiary/aromatic N) is 6. The summed E-state index contributed by atoms with van der Waals surface area (Å²) in [5.41, 5.74) is 1.16. The van der Waals surface area contributed by atoms with Gasteiger partial charge in [0.25, 0.3) is 15.2 Å². The first-order valence-electron chi connectivity index (χ1n) is 9.68. The summed E-state index contributed by atoms with van der Waals surface area (Å²) in [5.74, 6) is 0. The van der Waals surface area contributed by atoms with Crippen LogP contribution in [-0.2, 0) is 25.1 Å². The van der Waals surface area contributed by atoms with Crippen molar-refractivity contribution in [1.29, 1.82) is 0 Å². The van der Waals surface area contributed by atoms with Crippen LogP contribution < -0.4 is 0 Å². The topological polar surface area (TPSA) is 127 Å². The smallest absolute Gasteiger partial charge is 0.323 e. The van der Waals surface area contributed by atoms with Gasteiger partial charge in [-0.05, 0) is 26.7 Å². The molecule has 0 saturated heterocycles. The summed E-state index contributed by atoms with van der Waals surface area (Å²) in [6.45, 7) is 3.59. The Morgan fingerprint density at radius 3 is 2.39 bits per heavy atom. The molecular weight excluding hydrogens is 444 g/mol. The molecule has 0 bridgehead atoms. The van der Waals surface area contributed by atoms with Gasteiger partial charge in [0.15, 0.2) is 0 Å². The molecule has 0 radical (unpaired) electrons. The van der Waals surface area contributed by atoms with E-state index in [0.29, 0.717) is 22.6 Å². The zero-order valence-corrected chi connectivity index (χ0v) is 19.4. The van der Waals surface area contributed by atoms with Crippen LogP contribution in [0.3, 0.4) is 0 Å². The first kappa shape index (κ1) is 23.3. The lowest BCUT2D eigenvalue weighted by Gasteiger charge is -2.21. The minimum Gasteiger partial charge on any atom is -0.393 e. The second kappa shape index (κ2) is 9.02. The van der Waals surface area contributed by atoms with Crippen molar-refractivity contribution in [2.75, 3.05) is 20.6 Å². The fraction of sp³-hybridized carbons (Fsp3) is 0.500. The molecule has 1 heterocycles. The maximum Gasteiger partial charge on any atom is 0.323 e. The van der Waals surface area contributed by atoms with Crippen LogP contribution in [0.15, 0.2) is 47.0 Å². The lowest BCUT2D eigenvalue weighted by atomic mass is 10.1. The number of hydrogen-bond donors (Lipinski definition) is 0. The number of aromatic nitrogens is 3. The second-order valence-electron chi connectivity index (χ2n) is 7.53. The van der Waals surface area contributed by atoms with E-state index in [9.17, 15) is 16.8 Å². The molecule has 1 aliphatic rings. The summed E-state index contributed by atoms with van der Waals surface area (Å²) < 4.78 is 53.8. The van der Waals surface area contributed by atoms with Gasteiger partial charge < -0.3 is 4.84 Å². The third kappa shape index (κ3) is 5.29. The van der Waals surface area contributed by atoms with Crippen LogP contribution in [-0.4, -0.2) is 78.1 Å². The van der Waals surface area contributed by atoms with Crippen LogP contribution in [0, 0.1) is 0 Å². The Balaban J connectivity index is 1.96. The molecule has 13 heteroatoms. The van der Waals surface area contributed by atoms with E-state index in [4.69, 9.17) is 4.84 Å². The Kier molecular flexibility index (Phi) is 6.79. The summed E-state index contributed by atoms with van der Waals surface area (Å²) in [7, 11) is -5.52. The number of benzene rings is 1. The molecule has 1 fully saturated rings. The van der Waals surface area contributed by atoms with Crippen molar-refractivity contribution >= 4 is 25.9 Å². The van der Waals surface area contributed by atoms with Crippen molar-refractivity contribution in [3.63, 3.8) is 0 Å². The van der Waals surface area contributed by atoms with Crippen LogP contribution in [0.1, 0.15) is 32.3 Å². The highest BCUT2D eigenvalue weighted by Gasteiger charge is 2.41. The van der Waals surface area contributed by atoms with Gasteiger partial charge in [0.1, 0.15) is 18.1 Å². The quantitative estimate of drug-likeness (QED) is 0.373. The Bertz CT molecular complexity index is 1140. The van der Waals surface area contributed by atoms with E-state index >= 15 is 0 Å². The van der Waals surface area contributed by atoms with Crippen molar-refractivity contribution in [2.24, 2.45) is 5.16 Å². The first-order chi connectivity index (χ1) is 14.5. The fourth-order valence-corrected chi connectivity index (χ4v) is 4.84. The molecule has 2 aromatic rings. The maximum absolute atomic E-state index is 13.3. The summed E-state index contributed by atoms with van der Waals surface area (Å²) in [5, 5.41) is 7.33. The Hall–Kier alpha value is -2.35.